The number of carbonyl (C=O) groups is 1. The maximum absolute atomic E-state index is 12.0. The highest BCUT2D eigenvalue weighted by Gasteiger charge is 2.21. The van der Waals surface area contributed by atoms with Crippen molar-refractivity contribution in [1.29, 1.82) is 0 Å². The van der Waals surface area contributed by atoms with Gasteiger partial charge in [-0.3, -0.25) is 19.7 Å². The molecule has 21 heavy (non-hydrogen) atoms. The molecule has 0 aliphatic heterocycles. The molecule has 1 rings (SSSR count). The Morgan fingerprint density at radius 3 is 2.76 bits per heavy atom. The van der Waals surface area contributed by atoms with Crippen LogP contribution >= 0.6 is 0 Å². The van der Waals surface area contributed by atoms with Gasteiger partial charge in [0.05, 0.1) is 11.1 Å². The van der Waals surface area contributed by atoms with Gasteiger partial charge in [0.15, 0.2) is 0 Å². The van der Waals surface area contributed by atoms with E-state index in [2.05, 4.69) is 10.3 Å². The molecule has 0 aromatic carbocycles. The fourth-order valence-corrected chi connectivity index (χ4v) is 1.81. The van der Waals surface area contributed by atoms with Crippen molar-refractivity contribution in [3.8, 4) is 0 Å². The first-order valence-corrected chi connectivity index (χ1v) is 6.53. The quantitative estimate of drug-likeness (QED) is 0.507. The largest absolute Gasteiger partial charge is 0.396 e. The summed E-state index contributed by atoms with van der Waals surface area (Å²) in [5, 5.41) is 22.0. The second-order valence-corrected chi connectivity index (χ2v) is 5.53. The maximum atomic E-state index is 12.0. The molecular formula is C13H19N3O5. The van der Waals surface area contributed by atoms with E-state index in [9.17, 15) is 19.7 Å². The number of H-pyrrole nitrogens is 1. The monoisotopic (exact) mass is 297 g/mol. The number of nitrogens with one attached hydrogen (secondary N) is 2. The van der Waals surface area contributed by atoms with Crippen LogP contribution in [0.4, 0.5) is 5.69 Å². The van der Waals surface area contributed by atoms with Crippen molar-refractivity contribution in [3.63, 3.8) is 0 Å². The number of hydrogen-bond donors (Lipinski definition) is 3. The van der Waals surface area contributed by atoms with Crippen molar-refractivity contribution < 1.29 is 14.8 Å². The normalized spacial score (nSPS) is 11.2. The number of nitro groups is 1. The maximum Gasteiger partial charge on any atom is 0.286 e. The first-order valence-electron chi connectivity index (χ1n) is 6.53. The average molecular weight is 297 g/mol. The molecule has 0 unspecified atom stereocenters. The highest BCUT2D eigenvalue weighted by atomic mass is 16.6. The van der Waals surface area contributed by atoms with Gasteiger partial charge in [-0.15, -0.1) is 0 Å². The van der Waals surface area contributed by atoms with Gasteiger partial charge >= 0.3 is 0 Å². The minimum atomic E-state index is -0.683. The van der Waals surface area contributed by atoms with Crippen LogP contribution in [0, 0.1) is 15.5 Å². The van der Waals surface area contributed by atoms with E-state index in [-0.39, 0.29) is 23.3 Å². The second kappa shape index (κ2) is 6.98. The zero-order valence-corrected chi connectivity index (χ0v) is 12.0. The summed E-state index contributed by atoms with van der Waals surface area (Å²) >= 11 is 0. The predicted octanol–water partition coefficient (Wildman–Crippen LogP) is 0.812. The number of rotatable bonds is 7. The predicted molar refractivity (Wildman–Crippen MR) is 76.2 cm³/mol. The van der Waals surface area contributed by atoms with Crippen LogP contribution in [0.3, 0.4) is 0 Å². The van der Waals surface area contributed by atoms with Crippen LogP contribution in [-0.4, -0.2) is 34.1 Å². The standard InChI is InChI=1S/C13H19N3O5/c1-13(2,4-3-5-17)8-15-12(19)10-6-9(16(20)21)7-14-11(10)18/h6-7,17H,3-5,8H2,1-2H3,(H,14,18)(H,15,19). The number of aromatic nitrogens is 1. The SMILES string of the molecule is CC(C)(CCCO)CNC(=O)c1cc([N+](=O)[O-])c[nH]c1=O. The van der Waals surface area contributed by atoms with Crippen LogP contribution in [0.1, 0.15) is 37.0 Å². The van der Waals surface area contributed by atoms with Crippen molar-refractivity contribution in [3.05, 3.63) is 38.3 Å². The summed E-state index contributed by atoms with van der Waals surface area (Å²) in [6, 6.07) is 0.953. The lowest BCUT2D eigenvalue weighted by Crippen LogP contribution is -2.36. The average Bonchev–Trinajstić information content (AvgIpc) is 2.43. The number of amides is 1. The van der Waals surface area contributed by atoms with Gasteiger partial charge in [0, 0.05) is 19.2 Å². The van der Waals surface area contributed by atoms with Crippen LogP contribution in [0.15, 0.2) is 17.1 Å². The highest BCUT2D eigenvalue weighted by Crippen LogP contribution is 2.20. The number of pyridine rings is 1. The molecule has 0 aliphatic carbocycles. The molecule has 0 aliphatic rings. The van der Waals surface area contributed by atoms with Crippen molar-refractivity contribution in [2.45, 2.75) is 26.7 Å². The third-order valence-electron chi connectivity index (χ3n) is 3.08. The highest BCUT2D eigenvalue weighted by molar-refractivity contribution is 5.94. The summed E-state index contributed by atoms with van der Waals surface area (Å²) in [6.45, 7) is 4.21. The number of carbonyl (C=O) groups excluding carboxylic acids is 1. The zero-order valence-electron chi connectivity index (χ0n) is 12.0. The lowest BCUT2D eigenvalue weighted by atomic mass is 9.88. The molecular weight excluding hydrogens is 278 g/mol. The second-order valence-electron chi connectivity index (χ2n) is 5.53. The Morgan fingerprint density at radius 1 is 1.52 bits per heavy atom. The Morgan fingerprint density at radius 2 is 2.19 bits per heavy atom. The van der Waals surface area contributed by atoms with E-state index in [1.807, 2.05) is 13.8 Å². The third kappa shape index (κ3) is 4.99. The number of nitrogens with zero attached hydrogens (tertiary/aromatic N) is 1. The van der Waals surface area contributed by atoms with Gasteiger partial charge in [-0.05, 0) is 18.3 Å². The van der Waals surface area contributed by atoms with E-state index in [1.54, 1.807) is 0 Å². The Bertz CT molecular complexity index is 579. The fraction of sp³-hybridized carbons (Fsp3) is 0.538. The van der Waals surface area contributed by atoms with Crippen molar-refractivity contribution >= 4 is 11.6 Å². The molecule has 0 saturated heterocycles. The molecule has 1 aromatic rings. The van der Waals surface area contributed by atoms with E-state index in [0.29, 0.717) is 19.4 Å². The van der Waals surface area contributed by atoms with Crippen LogP contribution in [0.2, 0.25) is 0 Å². The summed E-state index contributed by atoms with van der Waals surface area (Å²) in [4.78, 5) is 35.7. The molecule has 0 bridgehead atoms. The molecule has 8 nitrogen and oxygen atoms in total. The van der Waals surface area contributed by atoms with Crippen LogP contribution < -0.4 is 10.9 Å². The summed E-state index contributed by atoms with van der Waals surface area (Å²) in [5.74, 6) is -0.656. The zero-order chi connectivity index (χ0) is 16.0. The number of aliphatic hydroxyl groups is 1. The first kappa shape index (κ1) is 16.8. The molecule has 0 radical (unpaired) electrons. The number of aliphatic hydroxyl groups excluding tert-OH is 1. The van der Waals surface area contributed by atoms with E-state index in [4.69, 9.17) is 5.11 Å². The minimum absolute atomic E-state index is 0.0714. The van der Waals surface area contributed by atoms with E-state index >= 15 is 0 Å². The van der Waals surface area contributed by atoms with Gasteiger partial charge in [-0.25, -0.2) is 0 Å². The lowest BCUT2D eigenvalue weighted by molar-refractivity contribution is -0.385. The van der Waals surface area contributed by atoms with Crippen molar-refractivity contribution in [2.75, 3.05) is 13.2 Å². The lowest BCUT2D eigenvalue weighted by Gasteiger charge is -2.24. The van der Waals surface area contributed by atoms with Gasteiger partial charge in [0.1, 0.15) is 5.56 Å². The Labute approximate surface area is 121 Å². The molecule has 116 valence electrons. The molecule has 8 heteroatoms. The molecule has 1 amide bonds. The molecule has 1 heterocycles. The number of aromatic amines is 1. The van der Waals surface area contributed by atoms with E-state index in [0.717, 1.165) is 12.3 Å². The molecule has 0 saturated carbocycles. The van der Waals surface area contributed by atoms with E-state index in [1.165, 1.54) is 0 Å². The molecule has 1 aromatic heterocycles. The molecule has 0 atom stereocenters. The summed E-state index contributed by atoms with van der Waals surface area (Å²) < 4.78 is 0. The van der Waals surface area contributed by atoms with E-state index < -0.39 is 16.4 Å². The summed E-state index contributed by atoms with van der Waals surface area (Å²) in [7, 11) is 0. The van der Waals surface area contributed by atoms with Crippen molar-refractivity contribution in [1.82, 2.24) is 10.3 Å². The molecule has 0 fully saturated rings. The topological polar surface area (TPSA) is 125 Å². The van der Waals surface area contributed by atoms with Gasteiger partial charge < -0.3 is 15.4 Å². The van der Waals surface area contributed by atoms with Crippen LogP contribution in [0.5, 0.6) is 0 Å². The van der Waals surface area contributed by atoms with Gasteiger partial charge in [0.2, 0.25) is 0 Å². The van der Waals surface area contributed by atoms with Crippen molar-refractivity contribution in [2.24, 2.45) is 5.41 Å². The van der Waals surface area contributed by atoms with Gasteiger partial charge in [-0.1, -0.05) is 13.8 Å². The summed E-state index contributed by atoms with van der Waals surface area (Å²) in [6.07, 6.45) is 2.26. The smallest absolute Gasteiger partial charge is 0.286 e. The Balaban J connectivity index is 2.78. The molecule has 3 N–H and O–H groups in total. The van der Waals surface area contributed by atoms with Crippen LogP contribution in [-0.2, 0) is 0 Å². The Kier molecular flexibility index (Phi) is 5.60. The van der Waals surface area contributed by atoms with Crippen LogP contribution in [0.25, 0.3) is 0 Å². The minimum Gasteiger partial charge on any atom is -0.396 e. The first-order chi connectivity index (χ1) is 9.76. The van der Waals surface area contributed by atoms with Gasteiger partial charge in [-0.2, -0.15) is 0 Å². The third-order valence-corrected chi connectivity index (χ3v) is 3.08. The summed E-state index contributed by atoms with van der Waals surface area (Å²) in [5.41, 5.74) is -1.56. The van der Waals surface area contributed by atoms with Gasteiger partial charge in [0.25, 0.3) is 17.2 Å². The molecule has 0 spiro atoms. The fourth-order valence-electron chi connectivity index (χ4n) is 1.81. The number of hydrogen-bond acceptors (Lipinski definition) is 5. The Hall–Kier alpha value is -2.22.